The van der Waals surface area contributed by atoms with Crippen LogP contribution in [0.5, 0.6) is 11.5 Å². The van der Waals surface area contributed by atoms with E-state index in [1.165, 1.54) is 0 Å². The second-order valence-corrected chi connectivity index (χ2v) is 9.84. The molecule has 6 nitrogen and oxygen atoms in total. The van der Waals surface area contributed by atoms with E-state index in [1.54, 1.807) is 12.1 Å². The lowest BCUT2D eigenvalue weighted by molar-refractivity contribution is 0.0934. The number of fused-ring (bicyclic) bond motifs is 5. The third-order valence-corrected chi connectivity index (χ3v) is 7.34. The summed E-state index contributed by atoms with van der Waals surface area (Å²) in [7, 11) is 0. The van der Waals surface area contributed by atoms with Crippen molar-refractivity contribution >= 4 is 33.4 Å². The Labute approximate surface area is 232 Å². The topological polar surface area (TPSA) is 76.7 Å². The van der Waals surface area contributed by atoms with Gasteiger partial charge in [-0.05, 0) is 58.7 Å². The van der Waals surface area contributed by atoms with Gasteiger partial charge in [-0.3, -0.25) is 9.59 Å². The predicted molar refractivity (Wildman–Crippen MR) is 157 cm³/mol. The lowest BCUT2D eigenvalue weighted by Crippen LogP contribution is -2.28. The van der Waals surface area contributed by atoms with E-state index in [2.05, 4.69) is 34.9 Å². The highest BCUT2D eigenvalue weighted by molar-refractivity contribution is 6.06. The fourth-order valence-electron chi connectivity index (χ4n) is 5.32. The van der Waals surface area contributed by atoms with Crippen molar-refractivity contribution < 1.29 is 19.1 Å². The van der Waals surface area contributed by atoms with Gasteiger partial charge in [-0.2, -0.15) is 0 Å². The van der Waals surface area contributed by atoms with E-state index < -0.39 is 0 Å². The minimum atomic E-state index is -0.176. The van der Waals surface area contributed by atoms with Crippen molar-refractivity contribution in [1.29, 1.82) is 0 Å². The van der Waals surface area contributed by atoms with Crippen molar-refractivity contribution in [3.63, 3.8) is 0 Å². The first kappa shape index (κ1) is 25.4. The van der Waals surface area contributed by atoms with E-state index in [4.69, 9.17) is 9.47 Å². The number of amides is 2. The van der Waals surface area contributed by atoms with E-state index in [0.717, 1.165) is 45.5 Å². The summed E-state index contributed by atoms with van der Waals surface area (Å²) in [5.41, 5.74) is 3.08. The average Bonchev–Trinajstić information content (AvgIpc) is 3.00. The molecule has 0 saturated carbocycles. The lowest BCUT2D eigenvalue weighted by atomic mass is 9.92. The van der Waals surface area contributed by atoms with Crippen LogP contribution in [0.4, 0.5) is 0 Å². The molecule has 6 rings (SSSR count). The van der Waals surface area contributed by atoms with E-state index in [9.17, 15) is 9.59 Å². The largest absolute Gasteiger partial charge is 0.488 e. The Morgan fingerprint density at radius 2 is 0.825 bits per heavy atom. The number of hydrogen-bond donors (Lipinski definition) is 2. The fraction of sp³-hybridized carbons (Fsp3) is 0.176. The van der Waals surface area contributed by atoms with Crippen molar-refractivity contribution in [2.45, 2.75) is 26.1 Å². The molecule has 6 heteroatoms. The van der Waals surface area contributed by atoms with Gasteiger partial charge in [0.25, 0.3) is 11.8 Å². The Morgan fingerprint density at radius 3 is 1.23 bits per heavy atom. The molecular weight excluding hydrogens is 500 g/mol. The van der Waals surface area contributed by atoms with Crippen molar-refractivity contribution in [3.05, 3.63) is 119 Å². The summed E-state index contributed by atoms with van der Waals surface area (Å²) in [4.78, 5) is 26.1. The molecule has 0 unspecified atom stereocenters. The monoisotopic (exact) mass is 530 g/mol. The molecule has 2 bridgehead atoms. The first-order valence-corrected chi connectivity index (χ1v) is 13.6. The van der Waals surface area contributed by atoms with Gasteiger partial charge in [0, 0.05) is 24.2 Å². The van der Waals surface area contributed by atoms with Crippen molar-refractivity contribution in [2.75, 3.05) is 13.1 Å². The van der Waals surface area contributed by atoms with Crippen LogP contribution in [0.3, 0.4) is 0 Å². The SMILES string of the molecule is O=C1NCCCCNC(=O)c2ccccc2OCc2c3ccccc3c(c3ccccc23)COc2ccccc21. The number of ether oxygens (including phenoxy) is 2. The zero-order valence-corrected chi connectivity index (χ0v) is 22.1. The molecule has 200 valence electrons. The average molecular weight is 531 g/mol. The van der Waals surface area contributed by atoms with Gasteiger partial charge in [-0.15, -0.1) is 0 Å². The molecule has 0 spiro atoms. The van der Waals surface area contributed by atoms with Crippen LogP contribution in [0, 0.1) is 0 Å². The number of hydrogen-bond acceptors (Lipinski definition) is 4. The van der Waals surface area contributed by atoms with Gasteiger partial charge in [0.05, 0.1) is 11.1 Å². The van der Waals surface area contributed by atoms with Crippen molar-refractivity contribution in [1.82, 2.24) is 10.6 Å². The van der Waals surface area contributed by atoms with Gasteiger partial charge < -0.3 is 20.1 Å². The molecule has 1 aliphatic heterocycles. The molecule has 1 aliphatic rings. The molecule has 0 fully saturated rings. The Morgan fingerprint density at radius 1 is 0.475 bits per heavy atom. The van der Waals surface area contributed by atoms with Gasteiger partial charge in [0.2, 0.25) is 0 Å². The van der Waals surface area contributed by atoms with Gasteiger partial charge in [-0.1, -0.05) is 72.8 Å². The Kier molecular flexibility index (Phi) is 7.31. The van der Waals surface area contributed by atoms with E-state index in [0.29, 0.717) is 48.9 Å². The molecule has 0 aromatic heterocycles. The third kappa shape index (κ3) is 5.08. The second kappa shape index (κ2) is 11.5. The maximum Gasteiger partial charge on any atom is 0.255 e. The maximum atomic E-state index is 13.0. The minimum Gasteiger partial charge on any atom is -0.488 e. The minimum absolute atomic E-state index is 0.176. The van der Waals surface area contributed by atoms with Crippen LogP contribution in [-0.4, -0.2) is 24.9 Å². The Balaban J connectivity index is 1.47. The Hall–Kier alpha value is -4.84. The van der Waals surface area contributed by atoms with Crippen LogP contribution in [0.15, 0.2) is 97.1 Å². The summed E-state index contributed by atoms with van der Waals surface area (Å²) < 4.78 is 12.7. The number of benzene rings is 5. The predicted octanol–water partition coefficient (Wildman–Crippen LogP) is 6.40. The first-order chi connectivity index (χ1) is 19.7. The normalized spacial score (nSPS) is 14.8. The number of para-hydroxylation sites is 2. The van der Waals surface area contributed by atoms with E-state index in [1.807, 2.05) is 60.7 Å². The summed E-state index contributed by atoms with van der Waals surface area (Å²) in [5, 5.41) is 10.2. The fourth-order valence-corrected chi connectivity index (χ4v) is 5.32. The van der Waals surface area contributed by atoms with Gasteiger partial charge in [0.15, 0.2) is 0 Å². The molecular formula is C34H30N2O4. The molecule has 0 aliphatic carbocycles. The van der Waals surface area contributed by atoms with Gasteiger partial charge in [-0.25, -0.2) is 0 Å². The number of nitrogens with one attached hydrogen (secondary N) is 2. The van der Waals surface area contributed by atoms with Crippen molar-refractivity contribution in [3.8, 4) is 11.5 Å². The number of carbonyl (C=O) groups is 2. The van der Waals surface area contributed by atoms with E-state index in [-0.39, 0.29) is 11.8 Å². The van der Waals surface area contributed by atoms with Crippen LogP contribution in [0.1, 0.15) is 44.7 Å². The zero-order chi connectivity index (χ0) is 27.3. The summed E-state index contributed by atoms with van der Waals surface area (Å²) in [6.07, 6.45) is 1.47. The second-order valence-electron chi connectivity index (χ2n) is 9.84. The molecule has 0 radical (unpaired) electrons. The summed E-state index contributed by atoms with van der Waals surface area (Å²) in [5.74, 6) is 0.730. The number of carbonyl (C=O) groups excluding carboxylic acids is 2. The molecule has 5 aromatic rings. The van der Waals surface area contributed by atoms with Crippen molar-refractivity contribution in [2.24, 2.45) is 0 Å². The highest BCUT2D eigenvalue weighted by atomic mass is 16.5. The zero-order valence-electron chi connectivity index (χ0n) is 22.1. The Bertz CT molecular complexity index is 1530. The summed E-state index contributed by atoms with van der Waals surface area (Å²) >= 11 is 0. The van der Waals surface area contributed by atoms with E-state index >= 15 is 0 Å². The molecule has 0 atom stereocenters. The smallest absolute Gasteiger partial charge is 0.255 e. The summed E-state index contributed by atoms with van der Waals surface area (Å²) in [6, 6.07) is 31.1. The highest BCUT2D eigenvalue weighted by Crippen LogP contribution is 2.35. The summed E-state index contributed by atoms with van der Waals surface area (Å²) in [6.45, 7) is 1.60. The van der Waals surface area contributed by atoms with Gasteiger partial charge in [0.1, 0.15) is 24.7 Å². The number of rotatable bonds is 0. The molecule has 1 heterocycles. The molecule has 2 amide bonds. The van der Waals surface area contributed by atoms with Crippen LogP contribution in [0.2, 0.25) is 0 Å². The molecule has 5 aromatic carbocycles. The maximum absolute atomic E-state index is 13.0. The third-order valence-electron chi connectivity index (χ3n) is 7.34. The molecule has 2 N–H and O–H groups in total. The molecule has 40 heavy (non-hydrogen) atoms. The van der Waals surface area contributed by atoms with Crippen LogP contribution in [-0.2, 0) is 13.2 Å². The quantitative estimate of drug-likeness (QED) is 0.227. The first-order valence-electron chi connectivity index (χ1n) is 13.6. The lowest BCUT2D eigenvalue weighted by Gasteiger charge is -2.19. The molecule has 0 saturated heterocycles. The van der Waals surface area contributed by atoms with Crippen LogP contribution in [0.25, 0.3) is 21.5 Å². The van der Waals surface area contributed by atoms with Gasteiger partial charge >= 0.3 is 0 Å². The standard InChI is InChI=1S/C34H30N2O4/c37-33-27-15-5-7-17-31(27)39-21-29-23-11-1-2-12-24(23)30(26-14-4-3-13-25(26)29)22-40-32-18-8-6-16-28(32)34(38)36-20-10-9-19-35-33/h1-8,11-18H,9-10,19-22H2,(H,35,37)(H,36,38). The van der Waals surface area contributed by atoms with Crippen LogP contribution >= 0.6 is 0 Å². The highest BCUT2D eigenvalue weighted by Gasteiger charge is 2.18. The van der Waals surface area contributed by atoms with Crippen LogP contribution < -0.4 is 20.1 Å².